The summed E-state index contributed by atoms with van der Waals surface area (Å²) in [5.41, 5.74) is 4.70. The Labute approximate surface area is 220 Å². The van der Waals surface area contributed by atoms with E-state index in [9.17, 15) is 9.59 Å². The molecule has 5 rings (SSSR count). The maximum absolute atomic E-state index is 14.0. The van der Waals surface area contributed by atoms with Crippen molar-refractivity contribution in [1.82, 2.24) is 25.5 Å². The highest BCUT2D eigenvalue weighted by Gasteiger charge is 2.39. The molecule has 1 saturated heterocycles. The Morgan fingerprint density at radius 1 is 1.03 bits per heavy atom. The number of aryl methyl sites for hydroxylation is 1. The number of likely N-dealkylation sites (N-methyl/N-ethyl adjacent to an activating group) is 1. The van der Waals surface area contributed by atoms with E-state index in [2.05, 4.69) is 56.7 Å². The van der Waals surface area contributed by atoms with E-state index in [-0.39, 0.29) is 29.8 Å². The van der Waals surface area contributed by atoms with Crippen molar-refractivity contribution in [2.45, 2.75) is 83.3 Å². The van der Waals surface area contributed by atoms with Gasteiger partial charge < -0.3 is 20.4 Å². The van der Waals surface area contributed by atoms with Gasteiger partial charge >= 0.3 is 0 Å². The third-order valence-electron chi connectivity index (χ3n) is 8.47. The second kappa shape index (κ2) is 11.2. The van der Waals surface area contributed by atoms with Crippen LogP contribution >= 0.6 is 0 Å². The van der Waals surface area contributed by atoms with Crippen molar-refractivity contribution in [3.63, 3.8) is 0 Å². The van der Waals surface area contributed by atoms with Gasteiger partial charge in [0.05, 0.1) is 17.8 Å². The van der Waals surface area contributed by atoms with Gasteiger partial charge in [0.2, 0.25) is 11.8 Å². The summed E-state index contributed by atoms with van der Waals surface area (Å²) in [5, 5.41) is 6.12. The molecule has 0 bridgehead atoms. The quantitative estimate of drug-likeness (QED) is 0.596. The van der Waals surface area contributed by atoms with Crippen LogP contribution in [0, 0.1) is 12.8 Å². The molecule has 2 aromatic rings. The van der Waals surface area contributed by atoms with Gasteiger partial charge in [-0.05, 0) is 70.5 Å². The largest absolute Gasteiger partial charge is 0.343 e. The van der Waals surface area contributed by atoms with Gasteiger partial charge in [-0.1, -0.05) is 37.0 Å². The zero-order valence-corrected chi connectivity index (χ0v) is 22.4. The number of carbonyl (C=O) groups excluding carboxylic acids is 2. The second-order valence-corrected chi connectivity index (χ2v) is 10.9. The van der Waals surface area contributed by atoms with Crippen molar-refractivity contribution in [1.29, 1.82) is 0 Å². The summed E-state index contributed by atoms with van der Waals surface area (Å²) in [6.07, 6.45) is 9.82. The summed E-state index contributed by atoms with van der Waals surface area (Å²) in [5.74, 6) is 0.982. The Balaban J connectivity index is 1.38. The first-order valence-corrected chi connectivity index (χ1v) is 13.9. The number of nitrogens with zero attached hydrogens (tertiary/aromatic N) is 4. The number of hydrogen-bond donors (Lipinski definition) is 2. The monoisotopic (exact) mass is 504 g/mol. The SMILES string of the molecule is CNC(C)C(=O)NC(C(=O)N1CCCC1c1cc(N2CCc3cc(C)ccc32)ncn1)C1CCCCC1. The number of fused-ring (bicyclic) bond motifs is 1. The molecule has 2 fully saturated rings. The molecular weight excluding hydrogens is 464 g/mol. The predicted molar refractivity (Wildman–Crippen MR) is 145 cm³/mol. The van der Waals surface area contributed by atoms with Crippen molar-refractivity contribution in [2.75, 3.05) is 25.0 Å². The van der Waals surface area contributed by atoms with Crippen LogP contribution in [0.2, 0.25) is 0 Å². The zero-order valence-electron chi connectivity index (χ0n) is 22.4. The average Bonchev–Trinajstić information content (AvgIpc) is 3.58. The summed E-state index contributed by atoms with van der Waals surface area (Å²) >= 11 is 0. The van der Waals surface area contributed by atoms with Crippen LogP contribution in [0.3, 0.4) is 0 Å². The highest BCUT2D eigenvalue weighted by atomic mass is 16.2. The molecule has 1 aliphatic carbocycles. The number of nitrogens with one attached hydrogen (secondary N) is 2. The lowest BCUT2D eigenvalue weighted by Crippen LogP contribution is -2.55. The molecule has 3 aliphatic rings. The van der Waals surface area contributed by atoms with Crippen LogP contribution in [0.1, 0.15) is 74.7 Å². The second-order valence-electron chi connectivity index (χ2n) is 10.9. The Morgan fingerprint density at radius 2 is 1.84 bits per heavy atom. The number of hydrogen-bond acceptors (Lipinski definition) is 6. The number of likely N-dealkylation sites (tertiary alicyclic amines) is 1. The van der Waals surface area contributed by atoms with Crippen molar-refractivity contribution in [2.24, 2.45) is 5.92 Å². The Morgan fingerprint density at radius 3 is 2.62 bits per heavy atom. The molecule has 1 saturated carbocycles. The molecule has 2 aliphatic heterocycles. The molecule has 3 heterocycles. The molecule has 8 heteroatoms. The molecule has 2 N–H and O–H groups in total. The number of carbonyl (C=O) groups is 2. The molecule has 0 radical (unpaired) electrons. The third kappa shape index (κ3) is 5.35. The normalized spacial score (nSPS) is 21.5. The standard InChI is InChI=1S/C29H40N6O2/c1-19-11-12-24-22(16-19)13-15-34(24)26-17-23(31-18-32-26)25-10-7-14-35(25)29(37)27(21-8-5-4-6-9-21)33-28(36)20(2)30-3/h11-12,16-18,20-21,25,27,30H,4-10,13-15H2,1-3H3,(H,33,36). The molecule has 2 amide bonds. The van der Waals surface area contributed by atoms with E-state index >= 15 is 0 Å². The fourth-order valence-corrected chi connectivity index (χ4v) is 6.23. The molecule has 1 aromatic heterocycles. The van der Waals surface area contributed by atoms with Crippen molar-refractivity contribution in [3.8, 4) is 0 Å². The van der Waals surface area contributed by atoms with E-state index in [1.165, 1.54) is 23.2 Å². The number of rotatable bonds is 7. The highest BCUT2D eigenvalue weighted by molar-refractivity contribution is 5.90. The van der Waals surface area contributed by atoms with Gasteiger partial charge in [-0.2, -0.15) is 0 Å². The van der Waals surface area contributed by atoms with Crippen LogP contribution < -0.4 is 15.5 Å². The van der Waals surface area contributed by atoms with Gasteiger partial charge in [0.15, 0.2) is 0 Å². The summed E-state index contributed by atoms with van der Waals surface area (Å²) < 4.78 is 0. The Kier molecular flexibility index (Phi) is 7.74. The van der Waals surface area contributed by atoms with Crippen molar-refractivity contribution >= 4 is 23.3 Å². The number of anilines is 2. The van der Waals surface area contributed by atoms with E-state index in [1.54, 1.807) is 13.4 Å². The summed E-state index contributed by atoms with van der Waals surface area (Å²) in [4.78, 5) is 40.4. The molecule has 1 aromatic carbocycles. The maximum Gasteiger partial charge on any atom is 0.246 e. The van der Waals surface area contributed by atoms with Crippen LogP contribution in [0.4, 0.5) is 11.5 Å². The fraction of sp³-hybridized carbons (Fsp3) is 0.586. The lowest BCUT2D eigenvalue weighted by atomic mass is 9.83. The first-order chi connectivity index (χ1) is 18.0. The lowest BCUT2D eigenvalue weighted by molar-refractivity contribution is -0.139. The molecule has 198 valence electrons. The average molecular weight is 505 g/mol. The maximum atomic E-state index is 14.0. The van der Waals surface area contributed by atoms with Crippen molar-refractivity contribution < 1.29 is 9.59 Å². The predicted octanol–water partition coefficient (Wildman–Crippen LogP) is 3.82. The summed E-state index contributed by atoms with van der Waals surface area (Å²) in [6.45, 7) is 5.54. The van der Waals surface area contributed by atoms with E-state index in [0.29, 0.717) is 6.54 Å². The van der Waals surface area contributed by atoms with Gasteiger partial charge in [0, 0.05) is 24.8 Å². The van der Waals surface area contributed by atoms with Crippen molar-refractivity contribution in [3.05, 3.63) is 47.4 Å². The van der Waals surface area contributed by atoms with Gasteiger partial charge in [-0.15, -0.1) is 0 Å². The van der Waals surface area contributed by atoms with Gasteiger partial charge in [-0.25, -0.2) is 9.97 Å². The Bertz CT molecular complexity index is 1130. The van der Waals surface area contributed by atoms with E-state index in [4.69, 9.17) is 0 Å². The zero-order chi connectivity index (χ0) is 25.9. The molecule has 0 spiro atoms. The van der Waals surface area contributed by atoms with E-state index in [1.807, 2.05) is 11.8 Å². The van der Waals surface area contributed by atoms with E-state index < -0.39 is 6.04 Å². The fourth-order valence-electron chi connectivity index (χ4n) is 6.23. The van der Waals surface area contributed by atoms with Gasteiger partial charge in [0.25, 0.3) is 0 Å². The summed E-state index contributed by atoms with van der Waals surface area (Å²) in [7, 11) is 1.77. The third-order valence-corrected chi connectivity index (χ3v) is 8.47. The number of benzene rings is 1. The molecule has 37 heavy (non-hydrogen) atoms. The first-order valence-electron chi connectivity index (χ1n) is 13.9. The Hall–Kier alpha value is -3.00. The lowest BCUT2D eigenvalue weighted by Gasteiger charge is -2.35. The molecule has 8 nitrogen and oxygen atoms in total. The van der Waals surface area contributed by atoms with Gasteiger partial charge in [-0.3, -0.25) is 9.59 Å². The summed E-state index contributed by atoms with van der Waals surface area (Å²) in [6, 6.07) is 7.70. The minimum atomic E-state index is -0.487. The van der Waals surface area contributed by atoms with Crippen LogP contribution in [0.15, 0.2) is 30.6 Å². The van der Waals surface area contributed by atoms with E-state index in [0.717, 1.165) is 63.0 Å². The van der Waals surface area contributed by atoms with Crippen LogP contribution in [0.25, 0.3) is 0 Å². The highest BCUT2D eigenvalue weighted by Crippen LogP contribution is 2.38. The molecular formula is C29H40N6O2. The minimum absolute atomic E-state index is 0.0354. The smallest absolute Gasteiger partial charge is 0.246 e. The van der Waals surface area contributed by atoms with Gasteiger partial charge in [0.1, 0.15) is 18.2 Å². The molecule has 3 atom stereocenters. The minimum Gasteiger partial charge on any atom is -0.343 e. The topological polar surface area (TPSA) is 90.5 Å². The first kappa shape index (κ1) is 25.6. The van der Waals surface area contributed by atoms with Crippen LogP contribution in [0.5, 0.6) is 0 Å². The van der Waals surface area contributed by atoms with Crippen LogP contribution in [-0.4, -0.2) is 58.9 Å². The number of aromatic nitrogens is 2. The molecule has 3 unspecified atom stereocenters. The number of amides is 2. The van der Waals surface area contributed by atoms with Crippen LogP contribution in [-0.2, 0) is 16.0 Å².